The molecule has 0 atom stereocenters. The van der Waals surface area contributed by atoms with Gasteiger partial charge in [-0.1, -0.05) is 0 Å². The molecule has 0 radical (unpaired) electrons. The molecule has 11 heavy (non-hydrogen) atoms. The van der Waals surface area contributed by atoms with Crippen molar-refractivity contribution in [2.75, 3.05) is 0 Å². The number of alkyl halides is 2. The molecule has 1 fully saturated rings. The quantitative estimate of drug-likeness (QED) is 0.424. The third-order valence-electron chi connectivity index (χ3n) is 1.44. The van der Waals surface area contributed by atoms with E-state index in [-0.39, 0.29) is 12.8 Å². The fraction of sp³-hybridized carbons (Fsp3) is 0.667. The first-order valence-corrected chi connectivity index (χ1v) is 3.11. The van der Waals surface area contributed by atoms with Gasteiger partial charge in [0, 0.05) is 5.92 Å². The number of hydrogen-bond donors (Lipinski definition) is 0. The molecule has 0 aromatic carbocycles. The summed E-state index contributed by atoms with van der Waals surface area (Å²) < 4.78 is 27.9. The van der Waals surface area contributed by atoms with Crippen molar-refractivity contribution >= 4 is 11.9 Å². The van der Waals surface area contributed by atoms with Gasteiger partial charge >= 0.3 is 11.9 Å². The van der Waals surface area contributed by atoms with Crippen LogP contribution in [0.1, 0.15) is 12.8 Å². The molecule has 1 aliphatic heterocycles. The molecule has 1 rings (SSSR count). The highest BCUT2D eigenvalue weighted by Crippen LogP contribution is 2.23. The Bertz CT molecular complexity index is 174. The van der Waals surface area contributed by atoms with Crippen LogP contribution >= 0.6 is 0 Å². The van der Waals surface area contributed by atoms with Crippen molar-refractivity contribution in [2.45, 2.75) is 19.3 Å². The Labute approximate surface area is 61.3 Å². The summed E-state index contributed by atoms with van der Waals surface area (Å²) >= 11 is 0. The molecule has 0 aromatic rings. The van der Waals surface area contributed by atoms with E-state index < -0.39 is 24.3 Å². The third kappa shape index (κ3) is 1.96. The van der Waals surface area contributed by atoms with Crippen LogP contribution < -0.4 is 0 Å². The second-order valence-corrected chi connectivity index (χ2v) is 2.35. The van der Waals surface area contributed by atoms with Gasteiger partial charge in [0.2, 0.25) is 6.43 Å². The zero-order valence-electron chi connectivity index (χ0n) is 5.55. The number of esters is 2. The molecule has 0 saturated carbocycles. The fourth-order valence-corrected chi connectivity index (χ4v) is 0.889. The molecule has 0 spiro atoms. The normalized spacial score (nSPS) is 20.6. The summed E-state index contributed by atoms with van der Waals surface area (Å²) in [6.45, 7) is 0. The van der Waals surface area contributed by atoms with Crippen LogP contribution in [-0.2, 0) is 14.3 Å². The Morgan fingerprint density at radius 1 is 1.27 bits per heavy atom. The smallest absolute Gasteiger partial charge is 0.313 e. The lowest BCUT2D eigenvalue weighted by molar-refractivity contribution is -0.168. The maximum atomic E-state index is 11.9. The van der Waals surface area contributed by atoms with Gasteiger partial charge in [0.05, 0.1) is 12.8 Å². The molecular formula is C6H6F2O3. The number of hydrogen-bond acceptors (Lipinski definition) is 3. The Balaban J connectivity index is 2.56. The molecule has 0 aliphatic carbocycles. The predicted molar refractivity (Wildman–Crippen MR) is 29.8 cm³/mol. The summed E-state index contributed by atoms with van der Waals surface area (Å²) in [5.41, 5.74) is 0. The van der Waals surface area contributed by atoms with E-state index in [1.165, 1.54) is 0 Å². The van der Waals surface area contributed by atoms with Crippen molar-refractivity contribution in [1.29, 1.82) is 0 Å². The van der Waals surface area contributed by atoms with Crippen LogP contribution in [-0.4, -0.2) is 18.4 Å². The van der Waals surface area contributed by atoms with Crippen molar-refractivity contribution in [1.82, 2.24) is 0 Å². The molecule has 3 nitrogen and oxygen atoms in total. The summed E-state index contributed by atoms with van der Waals surface area (Å²) in [5, 5.41) is 0. The lowest BCUT2D eigenvalue weighted by Crippen LogP contribution is -2.29. The van der Waals surface area contributed by atoms with Crippen molar-refractivity contribution in [3.63, 3.8) is 0 Å². The molecule has 1 heterocycles. The standard InChI is InChI=1S/C6H6F2O3/c7-6(8)3-1-4(9)11-5(10)2-3/h3,6H,1-2H2. The van der Waals surface area contributed by atoms with E-state index in [1.54, 1.807) is 0 Å². The van der Waals surface area contributed by atoms with Gasteiger partial charge < -0.3 is 4.74 Å². The van der Waals surface area contributed by atoms with Gasteiger partial charge in [-0.25, -0.2) is 8.78 Å². The van der Waals surface area contributed by atoms with Crippen LogP contribution in [0.4, 0.5) is 8.78 Å². The molecule has 1 aliphatic rings. The van der Waals surface area contributed by atoms with Crippen molar-refractivity contribution < 1.29 is 23.1 Å². The fourth-order valence-electron chi connectivity index (χ4n) is 0.889. The predicted octanol–water partition coefficient (Wildman–Crippen LogP) is 0.731. The summed E-state index contributed by atoms with van der Waals surface area (Å²) in [5.74, 6) is -2.86. The van der Waals surface area contributed by atoms with Gasteiger partial charge in [-0.05, 0) is 0 Å². The van der Waals surface area contributed by atoms with E-state index in [0.717, 1.165) is 0 Å². The summed E-state index contributed by atoms with van der Waals surface area (Å²) in [4.78, 5) is 20.8. The van der Waals surface area contributed by atoms with E-state index >= 15 is 0 Å². The van der Waals surface area contributed by atoms with Crippen molar-refractivity contribution in [3.05, 3.63) is 0 Å². The van der Waals surface area contributed by atoms with Gasteiger partial charge in [0.15, 0.2) is 0 Å². The Morgan fingerprint density at radius 2 is 1.73 bits per heavy atom. The van der Waals surface area contributed by atoms with E-state index in [9.17, 15) is 18.4 Å². The first-order chi connectivity index (χ1) is 5.09. The number of carbonyl (C=O) groups is 2. The molecule has 0 aromatic heterocycles. The average Bonchev–Trinajstić information content (AvgIpc) is 1.85. The van der Waals surface area contributed by atoms with Crippen LogP contribution in [0, 0.1) is 5.92 Å². The maximum Gasteiger partial charge on any atom is 0.313 e. The van der Waals surface area contributed by atoms with Crippen LogP contribution in [0.25, 0.3) is 0 Å². The number of carbonyl (C=O) groups excluding carboxylic acids is 2. The third-order valence-corrected chi connectivity index (χ3v) is 1.44. The van der Waals surface area contributed by atoms with Crippen molar-refractivity contribution in [3.8, 4) is 0 Å². The molecule has 0 unspecified atom stereocenters. The minimum Gasteiger partial charge on any atom is -0.393 e. The van der Waals surface area contributed by atoms with Crippen molar-refractivity contribution in [2.24, 2.45) is 5.92 Å². The summed E-state index contributed by atoms with van der Waals surface area (Å²) in [6, 6.07) is 0. The summed E-state index contributed by atoms with van der Waals surface area (Å²) in [6.07, 6.45) is -3.33. The highest BCUT2D eigenvalue weighted by molar-refractivity contribution is 5.88. The monoisotopic (exact) mass is 164 g/mol. The minimum absolute atomic E-state index is 0.358. The highest BCUT2D eigenvalue weighted by Gasteiger charge is 2.32. The second kappa shape index (κ2) is 2.94. The number of halogens is 2. The Hall–Kier alpha value is -1.00. The first-order valence-electron chi connectivity index (χ1n) is 3.11. The minimum atomic E-state index is -2.62. The zero-order valence-corrected chi connectivity index (χ0v) is 5.55. The molecule has 1 saturated heterocycles. The van der Waals surface area contributed by atoms with Gasteiger partial charge in [0.1, 0.15) is 0 Å². The zero-order chi connectivity index (χ0) is 8.43. The van der Waals surface area contributed by atoms with Gasteiger partial charge in [0.25, 0.3) is 0 Å². The van der Waals surface area contributed by atoms with E-state index in [0.29, 0.717) is 0 Å². The van der Waals surface area contributed by atoms with Crippen LogP contribution in [0.5, 0.6) is 0 Å². The molecule has 0 amide bonds. The van der Waals surface area contributed by atoms with Crippen LogP contribution in [0.3, 0.4) is 0 Å². The topological polar surface area (TPSA) is 43.4 Å². The molecule has 0 N–H and O–H groups in total. The largest absolute Gasteiger partial charge is 0.393 e. The van der Waals surface area contributed by atoms with Gasteiger partial charge in [-0.3, -0.25) is 9.59 Å². The maximum absolute atomic E-state index is 11.9. The van der Waals surface area contributed by atoms with Gasteiger partial charge in [-0.2, -0.15) is 0 Å². The lowest BCUT2D eigenvalue weighted by atomic mass is 10.0. The van der Waals surface area contributed by atoms with Crippen LogP contribution in [0.15, 0.2) is 0 Å². The van der Waals surface area contributed by atoms with E-state index in [4.69, 9.17) is 0 Å². The van der Waals surface area contributed by atoms with E-state index in [2.05, 4.69) is 4.74 Å². The molecule has 5 heteroatoms. The average molecular weight is 164 g/mol. The Morgan fingerprint density at radius 3 is 2.09 bits per heavy atom. The second-order valence-electron chi connectivity index (χ2n) is 2.35. The van der Waals surface area contributed by atoms with E-state index in [1.807, 2.05) is 0 Å². The summed E-state index contributed by atoms with van der Waals surface area (Å²) in [7, 11) is 0. The number of ether oxygens (including phenoxy) is 1. The highest BCUT2D eigenvalue weighted by atomic mass is 19.3. The number of rotatable bonds is 1. The Kier molecular flexibility index (Phi) is 2.16. The molecule has 62 valence electrons. The lowest BCUT2D eigenvalue weighted by Gasteiger charge is -2.18. The molecule has 0 bridgehead atoms. The first kappa shape index (κ1) is 8.10. The molecular weight excluding hydrogens is 158 g/mol. The number of cyclic esters (lactones) is 2. The van der Waals surface area contributed by atoms with Crippen LogP contribution in [0.2, 0.25) is 0 Å². The SMILES string of the molecule is O=C1CC(C(F)F)CC(=O)O1. The van der Waals surface area contributed by atoms with Gasteiger partial charge in [-0.15, -0.1) is 0 Å².